The summed E-state index contributed by atoms with van der Waals surface area (Å²) in [4.78, 5) is 12.2. The zero-order chi connectivity index (χ0) is 16.1. The summed E-state index contributed by atoms with van der Waals surface area (Å²) in [6.45, 7) is -0.192. The van der Waals surface area contributed by atoms with Gasteiger partial charge in [0.1, 0.15) is 5.75 Å². The standard InChI is InChI=1S/C16H15ClO5/c1-20-12-5-3-11(4-6-12)16(19)22-15-13(17)7-10(9-18)8-14(15)21-2/h3-8,18H,9H2,1-2H3. The summed E-state index contributed by atoms with van der Waals surface area (Å²) in [7, 11) is 2.97. The minimum absolute atomic E-state index is 0.113. The third kappa shape index (κ3) is 3.50. The lowest BCUT2D eigenvalue weighted by molar-refractivity contribution is 0.0729. The van der Waals surface area contributed by atoms with Gasteiger partial charge in [0.25, 0.3) is 0 Å². The molecule has 0 bridgehead atoms. The second-order valence-corrected chi connectivity index (χ2v) is 4.79. The molecule has 2 aromatic rings. The fourth-order valence-corrected chi connectivity index (χ4v) is 2.11. The van der Waals surface area contributed by atoms with Gasteiger partial charge in [-0.2, -0.15) is 0 Å². The molecular weight excluding hydrogens is 308 g/mol. The average molecular weight is 323 g/mol. The second kappa shape index (κ2) is 7.15. The molecule has 0 saturated carbocycles. The van der Waals surface area contributed by atoms with Crippen molar-refractivity contribution in [3.63, 3.8) is 0 Å². The van der Waals surface area contributed by atoms with Crippen LogP contribution in [0, 0.1) is 0 Å². The van der Waals surface area contributed by atoms with E-state index in [9.17, 15) is 4.79 Å². The first-order valence-corrected chi connectivity index (χ1v) is 6.80. The van der Waals surface area contributed by atoms with E-state index in [1.807, 2.05) is 0 Å². The molecule has 0 aliphatic carbocycles. The number of ether oxygens (including phenoxy) is 3. The first-order valence-electron chi connectivity index (χ1n) is 6.42. The fraction of sp³-hybridized carbons (Fsp3) is 0.188. The molecule has 0 spiro atoms. The Labute approximate surface area is 133 Å². The molecule has 0 saturated heterocycles. The van der Waals surface area contributed by atoms with E-state index in [1.54, 1.807) is 37.4 Å². The van der Waals surface area contributed by atoms with Crippen molar-refractivity contribution < 1.29 is 24.1 Å². The Bertz CT molecular complexity index is 667. The molecule has 2 aromatic carbocycles. The topological polar surface area (TPSA) is 65.0 Å². The number of hydrogen-bond acceptors (Lipinski definition) is 5. The van der Waals surface area contributed by atoms with Crippen LogP contribution < -0.4 is 14.2 Å². The van der Waals surface area contributed by atoms with Crippen molar-refractivity contribution in [2.24, 2.45) is 0 Å². The van der Waals surface area contributed by atoms with Gasteiger partial charge in [-0.25, -0.2) is 4.79 Å². The third-order valence-electron chi connectivity index (χ3n) is 2.99. The van der Waals surface area contributed by atoms with Crippen LogP contribution in [0.3, 0.4) is 0 Å². The fourth-order valence-electron chi connectivity index (χ4n) is 1.84. The highest BCUT2D eigenvalue weighted by molar-refractivity contribution is 6.32. The van der Waals surface area contributed by atoms with Crippen molar-refractivity contribution in [3.05, 3.63) is 52.5 Å². The molecule has 2 rings (SSSR count). The van der Waals surface area contributed by atoms with E-state index in [-0.39, 0.29) is 23.1 Å². The van der Waals surface area contributed by atoms with Gasteiger partial charge in [0.15, 0.2) is 11.5 Å². The van der Waals surface area contributed by atoms with Crippen LogP contribution in [-0.4, -0.2) is 25.3 Å². The minimum Gasteiger partial charge on any atom is -0.497 e. The number of carbonyl (C=O) groups excluding carboxylic acids is 1. The molecule has 0 aromatic heterocycles. The van der Waals surface area contributed by atoms with Crippen molar-refractivity contribution in [3.8, 4) is 17.2 Å². The van der Waals surface area contributed by atoms with E-state index in [0.717, 1.165) is 0 Å². The highest BCUT2D eigenvalue weighted by atomic mass is 35.5. The summed E-state index contributed by atoms with van der Waals surface area (Å²) < 4.78 is 15.5. The lowest BCUT2D eigenvalue weighted by atomic mass is 10.2. The molecule has 116 valence electrons. The van der Waals surface area contributed by atoms with Crippen LogP contribution in [0.25, 0.3) is 0 Å². The number of hydrogen-bond donors (Lipinski definition) is 1. The van der Waals surface area contributed by atoms with Crippen molar-refractivity contribution in [1.29, 1.82) is 0 Å². The predicted molar refractivity (Wildman–Crippen MR) is 81.9 cm³/mol. The molecule has 0 fully saturated rings. The van der Waals surface area contributed by atoms with Crippen molar-refractivity contribution in [1.82, 2.24) is 0 Å². The van der Waals surface area contributed by atoms with Gasteiger partial charge in [0.2, 0.25) is 0 Å². The maximum Gasteiger partial charge on any atom is 0.343 e. The van der Waals surface area contributed by atoms with E-state index < -0.39 is 5.97 Å². The van der Waals surface area contributed by atoms with Crippen LogP contribution >= 0.6 is 11.6 Å². The van der Waals surface area contributed by atoms with Crippen LogP contribution in [0.4, 0.5) is 0 Å². The number of rotatable bonds is 5. The Balaban J connectivity index is 2.27. The Kier molecular flexibility index (Phi) is 5.25. The molecule has 0 amide bonds. The zero-order valence-electron chi connectivity index (χ0n) is 12.1. The first kappa shape index (κ1) is 16.1. The molecule has 0 radical (unpaired) electrons. The summed E-state index contributed by atoms with van der Waals surface area (Å²) in [6, 6.07) is 9.56. The summed E-state index contributed by atoms with van der Waals surface area (Å²) in [5.74, 6) is 0.458. The molecule has 0 atom stereocenters. The lowest BCUT2D eigenvalue weighted by Crippen LogP contribution is -2.10. The molecular formula is C16H15ClO5. The highest BCUT2D eigenvalue weighted by Crippen LogP contribution is 2.37. The summed E-state index contributed by atoms with van der Waals surface area (Å²) in [5.41, 5.74) is 0.913. The number of halogens is 1. The number of aliphatic hydroxyl groups excluding tert-OH is 1. The predicted octanol–water partition coefficient (Wildman–Crippen LogP) is 3.07. The number of esters is 1. The Morgan fingerprint density at radius 2 is 1.82 bits per heavy atom. The Morgan fingerprint density at radius 1 is 1.14 bits per heavy atom. The average Bonchev–Trinajstić information content (AvgIpc) is 2.56. The van der Waals surface area contributed by atoms with Crippen molar-refractivity contribution in [2.75, 3.05) is 14.2 Å². The van der Waals surface area contributed by atoms with Gasteiger partial charge in [-0.3, -0.25) is 0 Å². The van der Waals surface area contributed by atoms with E-state index in [2.05, 4.69) is 0 Å². The molecule has 6 heteroatoms. The minimum atomic E-state index is -0.570. The lowest BCUT2D eigenvalue weighted by Gasteiger charge is -2.12. The Hall–Kier alpha value is -2.24. The second-order valence-electron chi connectivity index (χ2n) is 4.39. The van der Waals surface area contributed by atoms with Crippen LogP contribution in [0.15, 0.2) is 36.4 Å². The number of benzene rings is 2. The molecule has 22 heavy (non-hydrogen) atoms. The summed E-state index contributed by atoms with van der Waals surface area (Å²) >= 11 is 6.08. The van der Waals surface area contributed by atoms with Crippen LogP contribution in [0.5, 0.6) is 17.2 Å². The van der Waals surface area contributed by atoms with E-state index >= 15 is 0 Å². The van der Waals surface area contributed by atoms with Gasteiger partial charge < -0.3 is 19.3 Å². The highest BCUT2D eigenvalue weighted by Gasteiger charge is 2.17. The number of aliphatic hydroxyl groups is 1. The van der Waals surface area contributed by atoms with Crippen LogP contribution in [0.1, 0.15) is 15.9 Å². The quantitative estimate of drug-likeness (QED) is 0.677. The van der Waals surface area contributed by atoms with E-state index in [0.29, 0.717) is 16.9 Å². The normalized spacial score (nSPS) is 10.2. The van der Waals surface area contributed by atoms with Gasteiger partial charge >= 0.3 is 5.97 Å². The van der Waals surface area contributed by atoms with Crippen molar-refractivity contribution in [2.45, 2.75) is 6.61 Å². The number of methoxy groups -OCH3 is 2. The molecule has 0 aliphatic heterocycles. The van der Waals surface area contributed by atoms with Crippen molar-refractivity contribution >= 4 is 17.6 Å². The Morgan fingerprint density at radius 3 is 2.36 bits per heavy atom. The molecule has 0 heterocycles. The first-order chi connectivity index (χ1) is 10.6. The monoisotopic (exact) mass is 322 g/mol. The van der Waals surface area contributed by atoms with Crippen LogP contribution in [-0.2, 0) is 6.61 Å². The van der Waals surface area contributed by atoms with Gasteiger partial charge in [-0.15, -0.1) is 0 Å². The molecule has 1 N–H and O–H groups in total. The summed E-state index contributed by atoms with van der Waals surface area (Å²) in [5, 5.41) is 9.33. The number of carbonyl (C=O) groups is 1. The van der Waals surface area contributed by atoms with Crippen LogP contribution in [0.2, 0.25) is 5.02 Å². The van der Waals surface area contributed by atoms with Gasteiger partial charge in [0.05, 0.1) is 31.4 Å². The third-order valence-corrected chi connectivity index (χ3v) is 3.27. The SMILES string of the molecule is COc1ccc(C(=O)Oc2c(Cl)cc(CO)cc2OC)cc1. The zero-order valence-corrected chi connectivity index (χ0v) is 12.9. The maximum atomic E-state index is 12.2. The summed E-state index contributed by atoms with van der Waals surface area (Å²) in [6.07, 6.45) is 0. The van der Waals surface area contributed by atoms with E-state index in [4.69, 9.17) is 30.9 Å². The van der Waals surface area contributed by atoms with Gasteiger partial charge in [-0.05, 0) is 42.0 Å². The van der Waals surface area contributed by atoms with Gasteiger partial charge in [-0.1, -0.05) is 11.6 Å². The van der Waals surface area contributed by atoms with Gasteiger partial charge in [0, 0.05) is 0 Å². The molecule has 0 aliphatic rings. The molecule has 0 unspecified atom stereocenters. The maximum absolute atomic E-state index is 12.2. The largest absolute Gasteiger partial charge is 0.497 e. The molecule has 5 nitrogen and oxygen atoms in total. The smallest absolute Gasteiger partial charge is 0.343 e. The van der Waals surface area contributed by atoms with E-state index in [1.165, 1.54) is 13.2 Å².